The molecule has 2 fully saturated rings. The van der Waals surface area contributed by atoms with Crippen LogP contribution in [0.4, 0.5) is 0 Å². The fourth-order valence-corrected chi connectivity index (χ4v) is 2.47. The summed E-state index contributed by atoms with van der Waals surface area (Å²) in [4.78, 5) is 22.0. The molecule has 0 aromatic heterocycles. The van der Waals surface area contributed by atoms with E-state index in [4.69, 9.17) is 11.6 Å². The molecule has 2 N–H and O–H groups in total. The zero-order valence-electron chi connectivity index (χ0n) is 7.81. The smallest absolute Gasteiger partial charge is 0.235 e. The van der Waals surface area contributed by atoms with E-state index in [0.29, 0.717) is 6.42 Å². The lowest BCUT2D eigenvalue weighted by Crippen LogP contribution is -2.52. The third kappa shape index (κ3) is 1.71. The number of halogens is 1. The zero-order valence-corrected chi connectivity index (χ0v) is 8.56. The van der Waals surface area contributed by atoms with Crippen molar-refractivity contribution in [2.24, 2.45) is 5.41 Å². The number of rotatable bonds is 2. The molecule has 1 aliphatic heterocycles. The van der Waals surface area contributed by atoms with Crippen LogP contribution in [0, 0.1) is 5.41 Å². The zero-order chi connectivity index (χ0) is 10.2. The number of alkyl halides is 1. The van der Waals surface area contributed by atoms with Crippen LogP contribution < -0.4 is 10.6 Å². The van der Waals surface area contributed by atoms with E-state index in [1.807, 2.05) is 0 Å². The Kier molecular flexibility index (Phi) is 2.39. The Balaban J connectivity index is 1.79. The number of amides is 2. The van der Waals surface area contributed by atoms with Gasteiger partial charge in [-0.2, -0.15) is 0 Å². The standard InChI is InChI=1S/C9H13ClN2O2/c10-4-8(14)12-6-1-9(2-6)3-7(13)11-5-9/h6H,1-5H2,(H,11,13)(H,12,14). The van der Waals surface area contributed by atoms with Gasteiger partial charge in [-0.1, -0.05) is 0 Å². The lowest BCUT2D eigenvalue weighted by Gasteiger charge is -2.44. The highest BCUT2D eigenvalue weighted by molar-refractivity contribution is 6.27. The molecule has 14 heavy (non-hydrogen) atoms. The quantitative estimate of drug-likeness (QED) is 0.639. The molecular formula is C9H13ClN2O2. The molecule has 4 nitrogen and oxygen atoms in total. The molecule has 0 radical (unpaired) electrons. The summed E-state index contributed by atoms with van der Waals surface area (Å²) in [5.41, 5.74) is 0.126. The Labute approximate surface area is 87.4 Å². The Morgan fingerprint density at radius 1 is 1.64 bits per heavy atom. The van der Waals surface area contributed by atoms with Crippen LogP contribution in [0.25, 0.3) is 0 Å². The number of carbonyl (C=O) groups excluding carboxylic acids is 2. The van der Waals surface area contributed by atoms with Crippen LogP contribution in [0.2, 0.25) is 0 Å². The van der Waals surface area contributed by atoms with E-state index < -0.39 is 0 Å². The monoisotopic (exact) mass is 216 g/mol. The molecule has 78 valence electrons. The van der Waals surface area contributed by atoms with Crippen molar-refractivity contribution in [2.45, 2.75) is 25.3 Å². The van der Waals surface area contributed by atoms with Gasteiger partial charge in [0.2, 0.25) is 11.8 Å². The van der Waals surface area contributed by atoms with Gasteiger partial charge in [-0.3, -0.25) is 9.59 Å². The summed E-state index contributed by atoms with van der Waals surface area (Å²) in [6.45, 7) is 0.763. The van der Waals surface area contributed by atoms with Crippen LogP contribution >= 0.6 is 11.6 Å². The highest BCUT2D eigenvalue weighted by atomic mass is 35.5. The second-order valence-corrected chi connectivity index (χ2v) is 4.53. The second kappa shape index (κ2) is 3.42. The summed E-state index contributed by atoms with van der Waals surface area (Å²) in [5, 5.41) is 5.64. The first kappa shape index (κ1) is 9.77. The van der Waals surface area contributed by atoms with E-state index >= 15 is 0 Å². The molecule has 2 amide bonds. The van der Waals surface area contributed by atoms with Crippen molar-refractivity contribution in [3.05, 3.63) is 0 Å². The summed E-state index contributed by atoms with van der Waals surface area (Å²) in [7, 11) is 0. The molecule has 2 aliphatic rings. The summed E-state index contributed by atoms with van der Waals surface area (Å²) in [6, 6.07) is 0.217. The normalized spacial score (nSPS) is 35.2. The van der Waals surface area contributed by atoms with Crippen LogP contribution in [0.3, 0.4) is 0 Å². The Morgan fingerprint density at radius 2 is 2.36 bits per heavy atom. The average Bonchev–Trinajstić information content (AvgIpc) is 2.46. The molecule has 1 aliphatic carbocycles. The SMILES string of the molecule is O=C1CC2(CN1)CC(NC(=O)CCl)C2. The van der Waals surface area contributed by atoms with Gasteiger partial charge in [0, 0.05) is 24.4 Å². The summed E-state index contributed by atoms with van der Waals surface area (Å²) >= 11 is 5.37. The molecule has 0 atom stereocenters. The molecule has 5 heteroatoms. The molecule has 1 saturated carbocycles. The molecular weight excluding hydrogens is 204 g/mol. The van der Waals surface area contributed by atoms with Crippen LogP contribution in [-0.2, 0) is 9.59 Å². The summed E-state index contributed by atoms with van der Waals surface area (Å²) < 4.78 is 0. The first-order valence-electron chi connectivity index (χ1n) is 4.76. The Hall–Kier alpha value is -0.770. The van der Waals surface area contributed by atoms with Gasteiger partial charge in [-0.25, -0.2) is 0 Å². The number of hydrogen-bond acceptors (Lipinski definition) is 2. The molecule has 0 unspecified atom stereocenters. The van der Waals surface area contributed by atoms with Crippen LogP contribution in [0.1, 0.15) is 19.3 Å². The van der Waals surface area contributed by atoms with Crippen molar-refractivity contribution in [3.63, 3.8) is 0 Å². The maximum absolute atomic E-state index is 11.0. The van der Waals surface area contributed by atoms with Crippen molar-refractivity contribution < 1.29 is 9.59 Å². The number of carbonyl (C=O) groups is 2. The average molecular weight is 217 g/mol. The molecule has 1 saturated heterocycles. The molecule has 0 bridgehead atoms. The van der Waals surface area contributed by atoms with Gasteiger partial charge in [-0.05, 0) is 12.8 Å². The van der Waals surface area contributed by atoms with Gasteiger partial charge in [0.25, 0.3) is 0 Å². The van der Waals surface area contributed by atoms with Gasteiger partial charge < -0.3 is 10.6 Å². The van der Waals surface area contributed by atoms with Gasteiger partial charge in [0.05, 0.1) is 0 Å². The fraction of sp³-hybridized carbons (Fsp3) is 0.778. The summed E-state index contributed by atoms with van der Waals surface area (Å²) in [5.74, 6) is 0.0247. The van der Waals surface area contributed by atoms with E-state index in [9.17, 15) is 9.59 Å². The first-order chi connectivity index (χ1) is 6.63. The molecule has 2 rings (SSSR count). The highest BCUT2D eigenvalue weighted by Gasteiger charge is 2.49. The third-order valence-electron chi connectivity index (χ3n) is 3.04. The maximum atomic E-state index is 11.0. The molecule has 0 aromatic rings. The van der Waals surface area contributed by atoms with Crippen molar-refractivity contribution >= 4 is 23.4 Å². The first-order valence-corrected chi connectivity index (χ1v) is 5.29. The van der Waals surface area contributed by atoms with Gasteiger partial charge in [0.1, 0.15) is 5.88 Å². The Morgan fingerprint density at radius 3 is 2.86 bits per heavy atom. The predicted octanol–water partition coefficient (Wildman–Crippen LogP) is 0.0101. The van der Waals surface area contributed by atoms with Gasteiger partial charge >= 0.3 is 0 Å². The minimum absolute atomic E-state index is 0.0146. The lowest BCUT2D eigenvalue weighted by atomic mass is 9.65. The van der Waals surface area contributed by atoms with E-state index in [-0.39, 0.29) is 29.2 Å². The molecule has 0 aromatic carbocycles. The van der Waals surface area contributed by atoms with Crippen molar-refractivity contribution in [1.29, 1.82) is 0 Å². The van der Waals surface area contributed by atoms with Crippen LogP contribution in [0.15, 0.2) is 0 Å². The summed E-state index contributed by atoms with van der Waals surface area (Å²) in [6.07, 6.45) is 2.41. The topological polar surface area (TPSA) is 58.2 Å². The van der Waals surface area contributed by atoms with E-state index in [0.717, 1.165) is 19.4 Å². The van der Waals surface area contributed by atoms with Crippen LogP contribution in [0.5, 0.6) is 0 Å². The molecule has 1 spiro atoms. The second-order valence-electron chi connectivity index (χ2n) is 4.26. The fourth-order valence-electron chi connectivity index (χ4n) is 2.39. The van der Waals surface area contributed by atoms with Gasteiger partial charge in [0.15, 0.2) is 0 Å². The highest BCUT2D eigenvalue weighted by Crippen LogP contribution is 2.45. The third-order valence-corrected chi connectivity index (χ3v) is 3.28. The van der Waals surface area contributed by atoms with E-state index in [2.05, 4.69) is 10.6 Å². The van der Waals surface area contributed by atoms with Crippen molar-refractivity contribution in [2.75, 3.05) is 12.4 Å². The lowest BCUT2D eigenvalue weighted by molar-refractivity contribution is -0.121. The van der Waals surface area contributed by atoms with E-state index in [1.54, 1.807) is 0 Å². The van der Waals surface area contributed by atoms with E-state index in [1.165, 1.54) is 0 Å². The van der Waals surface area contributed by atoms with Gasteiger partial charge in [-0.15, -0.1) is 11.6 Å². The maximum Gasteiger partial charge on any atom is 0.235 e. The molecule has 1 heterocycles. The minimum atomic E-state index is -0.121. The van der Waals surface area contributed by atoms with Crippen molar-refractivity contribution in [1.82, 2.24) is 10.6 Å². The minimum Gasteiger partial charge on any atom is -0.356 e. The number of nitrogens with one attached hydrogen (secondary N) is 2. The number of hydrogen-bond donors (Lipinski definition) is 2. The largest absolute Gasteiger partial charge is 0.356 e. The van der Waals surface area contributed by atoms with Crippen LogP contribution in [-0.4, -0.2) is 30.3 Å². The Bertz CT molecular complexity index is 274. The predicted molar refractivity (Wildman–Crippen MR) is 51.9 cm³/mol. The van der Waals surface area contributed by atoms with Crippen molar-refractivity contribution in [3.8, 4) is 0 Å².